The van der Waals surface area contributed by atoms with Gasteiger partial charge in [-0.05, 0) is 31.4 Å². The molecular weight excluding hydrogens is 290 g/mol. The maximum atomic E-state index is 12.5. The molecule has 0 radical (unpaired) electrons. The Kier molecular flexibility index (Phi) is 4.76. The van der Waals surface area contributed by atoms with Gasteiger partial charge in [-0.25, -0.2) is 0 Å². The van der Waals surface area contributed by atoms with Gasteiger partial charge in [0.1, 0.15) is 6.10 Å². The number of carbonyl (C=O) groups excluding carboxylic acids is 1. The molecule has 1 aromatic carbocycles. The minimum atomic E-state index is -0.0219. The summed E-state index contributed by atoms with van der Waals surface area (Å²) in [5.41, 5.74) is 4.33. The summed E-state index contributed by atoms with van der Waals surface area (Å²) in [6.07, 6.45) is 1.23. The van der Waals surface area contributed by atoms with Crippen LogP contribution in [0.4, 0.5) is 0 Å². The number of nitrogens with one attached hydrogen (secondary N) is 1. The highest BCUT2D eigenvalue weighted by Gasteiger charge is 2.25. The molecule has 1 atom stereocenters. The summed E-state index contributed by atoms with van der Waals surface area (Å²) in [5.74, 6) is 0.189. The first kappa shape index (κ1) is 15.7. The van der Waals surface area contributed by atoms with E-state index in [-0.39, 0.29) is 12.0 Å². The highest BCUT2D eigenvalue weighted by molar-refractivity contribution is 5.76. The van der Waals surface area contributed by atoms with Gasteiger partial charge in [0.15, 0.2) is 0 Å². The number of benzene rings is 1. The fraction of sp³-hybridized carbons (Fsp3) is 0.444. The highest BCUT2D eigenvalue weighted by Crippen LogP contribution is 2.22. The van der Waals surface area contributed by atoms with Crippen LogP contribution in [0.3, 0.4) is 0 Å². The summed E-state index contributed by atoms with van der Waals surface area (Å²) in [4.78, 5) is 14.5. The Hall–Kier alpha value is -2.14. The molecule has 1 N–H and O–H groups in total. The van der Waals surface area contributed by atoms with Gasteiger partial charge >= 0.3 is 0 Å². The molecule has 0 bridgehead atoms. The second-order valence-electron chi connectivity index (χ2n) is 6.02. The molecule has 122 valence electrons. The van der Waals surface area contributed by atoms with Crippen LogP contribution in [-0.2, 0) is 16.0 Å². The van der Waals surface area contributed by atoms with Gasteiger partial charge in [0.2, 0.25) is 5.91 Å². The third-order valence-electron chi connectivity index (χ3n) is 4.46. The normalized spacial score (nSPS) is 18.2. The molecule has 5 nitrogen and oxygen atoms in total. The van der Waals surface area contributed by atoms with Crippen molar-refractivity contribution in [2.24, 2.45) is 0 Å². The minimum absolute atomic E-state index is 0.0219. The Labute approximate surface area is 136 Å². The van der Waals surface area contributed by atoms with Crippen LogP contribution < -0.4 is 0 Å². The van der Waals surface area contributed by atoms with Crippen LogP contribution in [0.25, 0.3) is 0 Å². The summed E-state index contributed by atoms with van der Waals surface area (Å²) in [5, 5.41) is 7.16. The summed E-state index contributed by atoms with van der Waals surface area (Å²) in [6, 6.07) is 10.1. The van der Waals surface area contributed by atoms with E-state index in [1.165, 1.54) is 0 Å². The molecule has 1 saturated heterocycles. The molecule has 0 unspecified atom stereocenters. The van der Waals surface area contributed by atoms with Crippen molar-refractivity contribution in [2.45, 2.75) is 32.8 Å². The molecule has 1 fully saturated rings. The number of hydrogen-bond donors (Lipinski definition) is 1. The first-order valence-corrected chi connectivity index (χ1v) is 8.10. The number of rotatable bonds is 4. The van der Waals surface area contributed by atoms with E-state index in [1.54, 1.807) is 0 Å². The zero-order chi connectivity index (χ0) is 16.2. The van der Waals surface area contributed by atoms with Crippen LogP contribution in [0.15, 0.2) is 30.3 Å². The standard InChI is InChI=1S/C18H23N3O2/c1-13-16(14(2)20-19-13)8-9-18(22)21-10-11-23-17(12-21)15-6-4-3-5-7-15/h3-7,17H,8-12H2,1-2H3,(H,19,20)/t17-/m1/s1. The van der Waals surface area contributed by atoms with Crippen LogP contribution in [0, 0.1) is 13.8 Å². The number of ether oxygens (including phenoxy) is 1. The van der Waals surface area contributed by atoms with Crippen molar-refractivity contribution in [3.05, 3.63) is 52.8 Å². The molecule has 2 aromatic rings. The van der Waals surface area contributed by atoms with E-state index >= 15 is 0 Å². The largest absolute Gasteiger partial charge is 0.370 e. The van der Waals surface area contributed by atoms with Crippen LogP contribution in [0.5, 0.6) is 0 Å². The Balaban J connectivity index is 1.59. The van der Waals surface area contributed by atoms with Crippen LogP contribution in [0.2, 0.25) is 0 Å². The van der Waals surface area contributed by atoms with E-state index in [0.29, 0.717) is 26.1 Å². The molecule has 5 heteroatoms. The van der Waals surface area contributed by atoms with E-state index < -0.39 is 0 Å². The third kappa shape index (κ3) is 3.62. The predicted molar refractivity (Wildman–Crippen MR) is 88.1 cm³/mol. The molecule has 1 amide bonds. The topological polar surface area (TPSA) is 58.2 Å². The quantitative estimate of drug-likeness (QED) is 0.944. The lowest BCUT2D eigenvalue weighted by Gasteiger charge is -2.33. The number of amides is 1. The van der Waals surface area contributed by atoms with Gasteiger partial charge in [0, 0.05) is 18.7 Å². The second-order valence-corrected chi connectivity index (χ2v) is 6.02. The van der Waals surface area contributed by atoms with Gasteiger partial charge in [-0.15, -0.1) is 0 Å². The molecule has 3 rings (SSSR count). The first-order chi connectivity index (χ1) is 11.1. The number of aryl methyl sites for hydroxylation is 2. The van der Waals surface area contributed by atoms with Crippen molar-refractivity contribution in [2.75, 3.05) is 19.7 Å². The molecule has 23 heavy (non-hydrogen) atoms. The molecule has 0 saturated carbocycles. The summed E-state index contributed by atoms with van der Waals surface area (Å²) < 4.78 is 5.82. The smallest absolute Gasteiger partial charge is 0.223 e. The molecule has 1 aromatic heterocycles. The Bertz CT molecular complexity index is 647. The maximum absolute atomic E-state index is 12.5. The SMILES string of the molecule is Cc1n[nH]c(C)c1CCC(=O)N1CCO[C@@H](c2ccccc2)C1. The lowest BCUT2D eigenvalue weighted by Crippen LogP contribution is -2.42. The van der Waals surface area contributed by atoms with Gasteiger partial charge in [-0.2, -0.15) is 5.10 Å². The van der Waals surface area contributed by atoms with E-state index in [2.05, 4.69) is 22.3 Å². The third-order valence-corrected chi connectivity index (χ3v) is 4.46. The zero-order valence-corrected chi connectivity index (χ0v) is 13.7. The van der Waals surface area contributed by atoms with Crippen LogP contribution in [-0.4, -0.2) is 40.7 Å². The van der Waals surface area contributed by atoms with E-state index in [9.17, 15) is 4.79 Å². The Morgan fingerprint density at radius 1 is 1.35 bits per heavy atom. The number of morpholine rings is 1. The predicted octanol–water partition coefficient (Wildman–Crippen LogP) is 2.56. The number of carbonyl (C=O) groups is 1. The molecule has 2 heterocycles. The van der Waals surface area contributed by atoms with Gasteiger partial charge in [-0.3, -0.25) is 9.89 Å². The lowest BCUT2D eigenvalue weighted by molar-refractivity contribution is -0.139. The van der Waals surface area contributed by atoms with Crippen molar-refractivity contribution in [3.63, 3.8) is 0 Å². The number of H-pyrrole nitrogens is 1. The van der Waals surface area contributed by atoms with Crippen molar-refractivity contribution >= 4 is 5.91 Å². The summed E-state index contributed by atoms with van der Waals surface area (Å²) >= 11 is 0. The fourth-order valence-electron chi connectivity index (χ4n) is 3.08. The lowest BCUT2D eigenvalue weighted by atomic mass is 10.1. The molecule has 1 aliphatic rings. The second kappa shape index (κ2) is 6.96. The minimum Gasteiger partial charge on any atom is -0.370 e. The molecule has 0 aliphatic carbocycles. The van der Waals surface area contributed by atoms with Crippen molar-refractivity contribution in [1.29, 1.82) is 0 Å². The Morgan fingerprint density at radius 2 is 2.13 bits per heavy atom. The summed E-state index contributed by atoms with van der Waals surface area (Å²) in [7, 11) is 0. The number of hydrogen-bond acceptors (Lipinski definition) is 3. The molecular formula is C18H23N3O2. The average molecular weight is 313 g/mol. The first-order valence-electron chi connectivity index (χ1n) is 8.10. The van der Waals surface area contributed by atoms with E-state index in [0.717, 1.165) is 28.9 Å². The van der Waals surface area contributed by atoms with E-state index in [4.69, 9.17) is 4.74 Å². The van der Waals surface area contributed by atoms with Crippen molar-refractivity contribution in [3.8, 4) is 0 Å². The monoisotopic (exact) mass is 313 g/mol. The maximum Gasteiger partial charge on any atom is 0.223 e. The van der Waals surface area contributed by atoms with Gasteiger partial charge in [0.25, 0.3) is 0 Å². The highest BCUT2D eigenvalue weighted by atomic mass is 16.5. The molecule has 1 aliphatic heterocycles. The average Bonchev–Trinajstić information content (AvgIpc) is 2.92. The zero-order valence-electron chi connectivity index (χ0n) is 13.7. The summed E-state index contributed by atoms with van der Waals surface area (Å²) in [6.45, 7) is 5.87. The van der Waals surface area contributed by atoms with Gasteiger partial charge < -0.3 is 9.64 Å². The molecule has 0 spiro atoms. The number of nitrogens with zero attached hydrogens (tertiary/aromatic N) is 2. The van der Waals surface area contributed by atoms with Gasteiger partial charge in [-0.1, -0.05) is 30.3 Å². The van der Waals surface area contributed by atoms with Gasteiger partial charge in [0.05, 0.1) is 18.8 Å². The fourth-order valence-corrected chi connectivity index (χ4v) is 3.08. The Morgan fingerprint density at radius 3 is 2.83 bits per heavy atom. The van der Waals surface area contributed by atoms with E-state index in [1.807, 2.05) is 36.9 Å². The van der Waals surface area contributed by atoms with Crippen molar-refractivity contribution < 1.29 is 9.53 Å². The number of aromatic amines is 1. The number of aromatic nitrogens is 2. The van der Waals surface area contributed by atoms with Crippen LogP contribution >= 0.6 is 0 Å². The van der Waals surface area contributed by atoms with Crippen LogP contribution in [0.1, 0.15) is 35.0 Å². The van der Waals surface area contributed by atoms with Crippen molar-refractivity contribution in [1.82, 2.24) is 15.1 Å².